The minimum absolute atomic E-state index is 0.176. The van der Waals surface area contributed by atoms with E-state index in [-0.39, 0.29) is 29.7 Å². The maximum Gasteiger partial charge on any atom is 0.302 e. The summed E-state index contributed by atoms with van der Waals surface area (Å²) in [6.45, 7) is 12.4. The molecule has 32 heavy (non-hydrogen) atoms. The van der Waals surface area contributed by atoms with Crippen LogP contribution in [0.2, 0.25) is 0 Å². The minimum Gasteiger partial charge on any atom is -0.462 e. The van der Waals surface area contributed by atoms with Crippen LogP contribution in [0.5, 0.6) is 0 Å². The van der Waals surface area contributed by atoms with Crippen molar-refractivity contribution >= 4 is 17.7 Å². The van der Waals surface area contributed by atoms with Gasteiger partial charge in [-0.25, -0.2) is 0 Å². The summed E-state index contributed by atoms with van der Waals surface area (Å²) in [5, 5.41) is 34.2. The minimum atomic E-state index is -2.00. The first-order chi connectivity index (χ1) is 14.6. The number of aliphatic hydroxyl groups excluding tert-OH is 2. The Balaban J connectivity index is 2.00. The monoisotopic (exact) mass is 450 g/mol. The second-order valence-electron chi connectivity index (χ2n) is 11.2. The van der Waals surface area contributed by atoms with Crippen molar-refractivity contribution in [1.82, 2.24) is 0 Å². The molecule has 0 aromatic carbocycles. The van der Waals surface area contributed by atoms with Gasteiger partial charge in [0.15, 0.2) is 5.78 Å². The van der Waals surface area contributed by atoms with Crippen LogP contribution in [-0.4, -0.2) is 63.1 Å². The van der Waals surface area contributed by atoms with Crippen LogP contribution < -0.4 is 0 Å². The smallest absolute Gasteiger partial charge is 0.302 e. The van der Waals surface area contributed by atoms with Crippen molar-refractivity contribution in [2.24, 2.45) is 28.1 Å². The molecule has 178 valence electrons. The van der Waals surface area contributed by atoms with Gasteiger partial charge in [0.1, 0.15) is 23.9 Å². The Bertz CT molecular complexity index is 894. The Hall–Kier alpha value is -1.77. The third-order valence-corrected chi connectivity index (χ3v) is 9.24. The van der Waals surface area contributed by atoms with E-state index in [0.29, 0.717) is 6.42 Å². The van der Waals surface area contributed by atoms with Crippen molar-refractivity contribution in [2.45, 2.75) is 90.3 Å². The number of esters is 2. The van der Waals surface area contributed by atoms with E-state index in [1.54, 1.807) is 0 Å². The quantitative estimate of drug-likeness (QED) is 0.424. The van der Waals surface area contributed by atoms with E-state index in [9.17, 15) is 29.7 Å². The van der Waals surface area contributed by atoms with Crippen LogP contribution in [-0.2, 0) is 23.9 Å². The van der Waals surface area contributed by atoms with Gasteiger partial charge in [0.2, 0.25) is 0 Å². The van der Waals surface area contributed by atoms with Gasteiger partial charge in [-0.3, -0.25) is 14.4 Å². The Morgan fingerprint density at radius 2 is 1.69 bits per heavy atom. The normalized spacial score (nSPS) is 49.1. The number of hydrogen-bond acceptors (Lipinski definition) is 8. The molecule has 4 fully saturated rings. The molecular weight excluding hydrogens is 416 g/mol. The molecule has 0 saturated heterocycles. The predicted molar refractivity (Wildman–Crippen MR) is 112 cm³/mol. The number of fused-ring (bicyclic) bond motifs is 3. The van der Waals surface area contributed by atoms with Gasteiger partial charge >= 0.3 is 11.9 Å². The van der Waals surface area contributed by atoms with Gasteiger partial charge in [-0.1, -0.05) is 27.4 Å². The SMILES string of the molecule is C=C1C(=O)[C@@]23[C@H](O)C[C@@H]4C(C)(C)CC[C@@H](OC(C)=O)[C@@]4(C)[C@H]2[C@@H](OC(C)=O)C[C@]1(O)[C@H]3O. The third kappa shape index (κ3) is 2.63. The van der Waals surface area contributed by atoms with Gasteiger partial charge in [0, 0.05) is 37.2 Å². The summed E-state index contributed by atoms with van der Waals surface area (Å²) in [4.78, 5) is 37.8. The zero-order valence-corrected chi connectivity index (χ0v) is 19.4. The summed E-state index contributed by atoms with van der Waals surface area (Å²) in [6.07, 6.45) is -3.24. The molecule has 0 heterocycles. The fourth-order valence-corrected chi connectivity index (χ4v) is 8.05. The molecule has 4 aliphatic rings. The Labute approximate surface area is 188 Å². The third-order valence-electron chi connectivity index (χ3n) is 9.24. The second-order valence-corrected chi connectivity index (χ2v) is 11.2. The molecule has 0 unspecified atom stereocenters. The lowest BCUT2D eigenvalue weighted by Gasteiger charge is -2.67. The molecule has 8 nitrogen and oxygen atoms in total. The lowest BCUT2D eigenvalue weighted by atomic mass is 9.38. The Morgan fingerprint density at radius 3 is 2.25 bits per heavy atom. The van der Waals surface area contributed by atoms with Gasteiger partial charge < -0.3 is 24.8 Å². The summed E-state index contributed by atoms with van der Waals surface area (Å²) < 4.78 is 11.5. The van der Waals surface area contributed by atoms with Crippen LogP contribution >= 0.6 is 0 Å². The second kappa shape index (κ2) is 6.87. The standard InChI is InChI=1S/C24H34O8/c1-11-19(28)24-16(27)9-15-21(4,5)8-7-17(32-13(3)26)22(15,6)18(24)14(31-12(2)25)10-23(11,30)20(24)29/h14-18,20,27,29-30H,1,7-10H2,2-6H3/t14-,15+,16+,17+,18+,20+,22-,23+,24+/m0/s1. The highest BCUT2D eigenvalue weighted by Crippen LogP contribution is 2.72. The first-order valence-corrected chi connectivity index (χ1v) is 11.3. The molecule has 0 radical (unpaired) electrons. The molecule has 4 rings (SSSR count). The van der Waals surface area contributed by atoms with Crippen LogP contribution in [0.3, 0.4) is 0 Å². The van der Waals surface area contributed by atoms with Crippen molar-refractivity contribution in [3.8, 4) is 0 Å². The summed E-state index contributed by atoms with van der Waals surface area (Å²) in [5.74, 6) is -2.74. The van der Waals surface area contributed by atoms with Gasteiger partial charge in [-0.2, -0.15) is 0 Å². The van der Waals surface area contributed by atoms with Crippen LogP contribution in [0, 0.1) is 28.1 Å². The van der Waals surface area contributed by atoms with Crippen molar-refractivity contribution in [3.63, 3.8) is 0 Å². The molecular formula is C24H34O8. The van der Waals surface area contributed by atoms with E-state index in [4.69, 9.17) is 9.47 Å². The van der Waals surface area contributed by atoms with Crippen LogP contribution in [0.1, 0.15) is 60.3 Å². The molecule has 0 aliphatic heterocycles. The van der Waals surface area contributed by atoms with Crippen LogP contribution in [0.15, 0.2) is 12.2 Å². The molecule has 0 aromatic heterocycles. The number of aliphatic hydroxyl groups is 3. The summed E-state index contributed by atoms with van der Waals surface area (Å²) >= 11 is 0. The fraction of sp³-hybridized carbons (Fsp3) is 0.792. The Kier molecular flexibility index (Phi) is 5.02. The number of hydrogen-bond donors (Lipinski definition) is 3. The summed E-state index contributed by atoms with van der Waals surface area (Å²) in [7, 11) is 0. The molecule has 0 aromatic rings. The zero-order chi connectivity index (χ0) is 24.0. The lowest BCUT2D eigenvalue weighted by Crippen LogP contribution is -2.75. The van der Waals surface area contributed by atoms with Crippen LogP contribution in [0.25, 0.3) is 0 Å². The first kappa shape index (κ1) is 23.4. The number of ketones is 1. The van der Waals surface area contributed by atoms with Crippen molar-refractivity contribution in [2.75, 3.05) is 0 Å². The van der Waals surface area contributed by atoms with Crippen molar-refractivity contribution < 1.29 is 39.2 Å². The highest BCUT2D eigenvalue weighted by molar-refractivity contribution is 6.06. The first-order valence-electron chi connectivity index (χ1n) is 11.3. The molecule has 8 heteroatoms. The highest BCUT2D eigenvalue weighted by atomic mass is 16.6. The molecule has 2 bridgehead atoms. The molecule has 3 N–H and O–H groups in total. The Morgan fingerprint density at radius 1 is 1.09 bits per heavy atom. The van der Waals surface area contributed by atoms with Gasteiger partial charge in [0.25, 0.3) is 0 Å². The fourth-order valence-electron chi connectivity index (χ4n) is 8.05. The topological polar surface area (TPSA) is 130 Å². The average molecular weight is 451 g/mol. The maximum atomic E-state index is 13.7. The maximum absolute atomic E-state index is 13.7. The molecule has 9 atom stereocenters. The average Bonchev–Trinajstić information content (AvgIpc) is 2.75. The molecule has 4 saturated carbocycles. The summed E-state index contributed by atoms with van der Waals surface area (Å²) in [6, 6.07) is 0. The number of ether oxygens (including phenoxy) is 2. The van der Waals surface area contributed by atoms with E-state index in [1.807, 2.05) is 6.92 Å². The van der Waals surface area contributed by atoms with Crippen LogP contribution in [0.4, 0.5) is 0 Å². The predicted octanol–water partition coefficient (Wildman–Crippen LogP) is 1.29. The number of Topliss-reactive ketones (excluding diaryl/α,β-unsaturated/α-hetero) is 1. The van der Waals surface area contributed by atoms with Crippen molar-refractivity contribution in [1.29, 1.82) is 0 Å². The van der Waals surface area contributed by atoms with Gasteiger partial charge in [-0.15, -0.1) is 0 Å². The molecule has 1 spiro atoms. The van der Waals surface area contributed by atoms with E-state index < -0.39 is 64.5 Å². The van der Waals surface area contributed by atoms with Gasteiger partial charge in [0.05, 0.1) is 11.5 Å². The molecule has 0 amide bonds. The van der Waals surface area contributed by atoms with E-state index in [1.165, 1.54) is 13.8 Å². The largest absolute Gasteiger partial charge is 0.462 e. The molecule has 4 aliphatic carbocycles. The van der Waals surface area contributed by atoms with Gasteiger partial charge in [-0.05, 0) is 30.6 Å². The number of rotatable bonds is 2. The number of carbonyl (C=O) groups excluding carboxylic acids is 3. The number of carbonyl (C=O) groups is 3. The van der Waals surface area contributed by atoms with E-state index in [2.05, 4.69) is 20.4 Å². The zero-order valence-electron chi connectivity index (χ0n) is 19.4. The lowest BCUT2D eigenvalue weighted by molar-refractivity contribution is -0.294. The van der Waals surface area contributed by atoms with Crippen molar-refractivity contribution in [3.05, 3.63) is 12.2 Å². The van der Waals surface area contributed by atoms with E-state index in [0.717, 1.165) is 6.42 Å². The summed E-state index contributed by atoms with van der Waals surface area (Å²) in [5.41, 5.74) is -5.16. The highest BCUT2D eigenvalue weighted by Gasteiger charge is 2.81. The van der Waals surface area contributed by atoms with E-state index >= 15 is 0 Å².